The number of amides is 1. The highest BCUT2D eigenvalue weighted by atomic mass is 16.2. The zero-order valence-electron chi connectivity index (χ0n) is 14.3. The SMILES string of the molecule is CCC(=O)N1CCC(NCc2ccc(CC)cc2)C(CC)C1. The molecule has 1 saturated heterocycles. The van der Waals surface area contributed by atoms with Crippen LogP contribution in [0.25, 0.3) is 0 Å². The van der Waals surface area contributed by atoms with E-state index in [4.69, 9.17) is 0 Å². The first kappa shape index (κ1) is 17.0. The molecule has 0 radical (unpaired) electrons. The van der Waals surface area contributed by atoms with Crippen molar-refractivity contribution in [3.63, 3.8) is 0 Å². The monoisotopic (exact) mass is 302 g/mol. The maximum absolute atomic E-state index is 11.9. The van der Waals surface area contributed by atoms with Gasteiger partial charge in [0.05, 0.1) is 0 Å². The number of hydrogen-bond acceptors (Lipinski definition) is 2. The van der Waals surface area contributed by atoms with Crippen LogP contribution in [0.15, 0.2) is 24.3 Å². The average Bonchev–Trinajstić information content (AvgIpc) is 2.59. The van der Waals surface area contributed by atoms with E-state index in [9.17, 15) is 4.79 Å². The summed E-state index contributed by atoms with van der Waals surface area (Å²) in [5.74, 6) is 0.867. The summed E-state index contributed by atoms with van der Waals surface area (Å²) >= 11 is 0. The quantitative estimate of drug-likeness (QED) is 0.874. The minimum atomic E-state index is 0.298. The Labute approximate surface area is 135 Å². The molecule has 2 unspecified atom stereocenters. The lowest BCUT2D eigenvalue weighted by Gasteiger charge is -2.38. The third-order valence-corrected chi connectivity index (χ3v) is 4.91. The largest absolute Gasteiger partial charge is 0.342 e. The fourth-order valence-corrected chi connectivity index (χ4v) is 3.31. The lowest BCUT2D eigenvalue weighted by Crippen LogP contribution is -2.50. The van der Waals surface area contributed by atoms with E-state index in [0.29, 0.717) is 24.3 Å². The first-order chi connectivity index (χ1) is 10.7. The Bertz CT molecular complexity index is 469. The summed E-state index contributed by atoms with van der Waals surface area (Å²) in [5.41, 5.74) is 2.74. The van der Waals surface area contributed by atoms with Crippen LogP contribution in [0.1, 0.15) is 51.2 Å². The fourth-order valence-electron chi connectivity index (χ4n) is 3.31. The molecule has 0 aliphatic carbocycles. The summed E-state index contributed by atoms with van der Waals surface area (Å²) in [6, 6.07) is 9.41. The van der Waals surface area contributed by atoms with Crippen LogP contribution in [0.4, 0.5) is 0 Å². The highest BCUT2D eigenvalue weighted by Crippen LogP contribution is 2.21. The van der Waals surface area contributed by atoms with Gasteiger partial charge in [0.2, 0.25) is 5.91 Å². The third kappa shape index (κ3) is 4.33. The smallest absolute Gasteiger partial charge is 0.222 e. The van der Waals surface area contributed by atoms with E-state index in [-0.39, 0.29) is 0 Å². The van der Waals surface area contributed by atoms with Crippen LogP contribution in [0.3, 0.4) is 0 Å². The van der Waals surface area contributed by atoms with Gasteiger partial charge in [0.25, 0.3) is 0 Å². The van der Waals surface area contributed by atoms with E-state index in [2.05, 4.69) is 43.4 Å². The van der Waals surface area contributed by atoms with Gasteiger partial charge in [-0.2, -0.15) is 0 Å². The molecule has 122 valence electrons. The molecule has 1 aliphatic heterocycles. The summed E-state index contributed by atoms with van der Waals surface area (Å²) < 4.78 is 0. The van der Waals surface area contributed by atoms with Crippen LogP contribution >= 0.6 is 0 Å². The molecule has 1 aromatic carbocycles. The molecule has 0 saturated carbocycles. The molecule has 1 aliphatic rings. The molecule has 1 heterocycles. The van der Waals surface area contributed by atoms with Gasteiger partial charge in [-0.15, -0.1) is 0 Å². The summed E-state index contributed by atoms with van der Waals surface area (Å²) in [4.78, 5) is 13.9. The van der Waals surface area contributed by atoms with Crippen LogP contribution in [0, 0.1) is 5.92 Å². The van der Waals surface area contributed by atoms with Crippen molar-refractivity contribution >= 4 is 5.91 Å². The summed E-state index contributed by atoms with van der Waals surface area (Å²) in [5, 5.41) is 3.72. The van der Waals surface area contributed by atoms with Crippen LogP contribution in [0.5, 0.6) is 0 Å². The minimum Gasteiger partial charge on any atom is -0.342 e. The van der Waals surface area contributed by atoms with E-state index >= 15 is 0 Å². The van der Waals surface area contributed by atoms with Crippen molar-refractivity contribution in [3.8, 4) is 0 Å². The highest BCUT2D eigenvalue weighted by Gasteiger charge is 2.29. The summed E-state index contributed by atoms with van der Waals surface area (Å²) in [6.07, 6.45) is 3.91. The molecular formula is C19H30N2O. The number of benzene rings is 1. The Balaban J connectivity index is 1.87. The van der Waals surface area contributed by atoms with Crippen molar-refractivity contribution in [1.82, 2.24) is 10.2 Å². The Hall–Kier alpha value is -1.35. The van der Waals surface area contributed by atoms with Gasteiger partial charge in [-0.25, -0.2) is 0 Å². The van der Waals surface area contributed by atoms with Crippen molar-refractivity contribution in [2.45, 2.75) is 59.0 Å². The predicted molar refractivity (Wildman–Crippen MR) is 91.7 cm³/mol. The average molecular weight is 302 g/mol. The van der Waals surface area contributed by atoms with Crippen LogP contribution in [-0.2, 0) is 17.8 Å². The predicted octanol–water partition coefficient (Wildman–Crippen LogP) is 3.38. The van der Waals surface area contributed by atoms with Gasteiger partial charge in [-0.3, -0.25) is 4.79 Å². The Morgan fingerprint density at radius 2 is 1.86 bits per heavy atom. The second-order valence-corrected chi connectivity index (χ2v) is 6.31. The number of aryl methyl sites for hydroxylation is 1. The standard InChI is InChI=1S/C19H30N2O/c1-4-15-7-9-16(10-8-15)13-20-18-11-12-21(19(22)6-3)14-17(18)5-2/h7-10,17-18,20H,4-6,11-14H2,1-3H3. The van der Waals surface area contributed by atoms with E-state index in [0.717, 1.165) is 38.9 Å². The maximum atomic E-state index is 11.9. The first-order valence-electron chi connectivity index (χ1n) is 8.76. The molecule has 3 heteroatoms. The third-order valence-electron chi connectivity index (χ3n) is 4.91. The van der Waals surface area contributed by atoms with Crippen LogP contribution in [-0.4, -0.2) is 29.9 Å². The normalized spacial score (nSPS) is 21.9. The van der Waals surface area contributed by atoms with Crippen LogP contribution in [0.2, 0.25) is 0 Å². The van der Waals surface area contributed by atoms with Gasteiger partial charge >= 0.3 is 0 Å². The maximum Gasteiger partial charge on any atom is 0.222 e. The second kappa shape index (κ2) is 8.33. The lowest BCUT2D eigenvalue weighted by molar-refractivity contribution is -0.133. The first-order valence-corrected chi connectivity index (χ1v) is 8.76. The van der Waals surface area contributed by atoms with E-state index in [1.807, 2.05) is 11.8 Å². The van der Waals surface area contributed by atoms with E-state index in [1.165, 1.54) is 11.1 Å². The van der Waals surface area contributed by atoms with Crippen LogP contribution < -0.4 is 5.32 Å². The Morgan fingerprint density at radius 3 is 2.45 bits per heavy atom. The number of carbonyl (C=O) groups excluding carboxylic acids is 1. The van der Waals surface area contributed by atoms with Crippen molar-refractivity contribution in [3.05, 3.63) is 35.4 Å². The van der Waals surface area contributed by atoms with Crippen molar-refractivity contribution < 1.29 is 4.79 Å². The Morgan fingerprint density at radius 1 is 1.18 bits per heavy atom. The number of nitrogens with one attached hydrogen (secondary N) is 1. The zero-order chi connectivity index (χ0) is 15.9. The molecule has 0 spiro atoms. The molecule has 0 aromatic heterocycles. The number of piperidine rings is 1. The fraction of sp³-hybridized carbons (Fsp3) is 0.632. The molecule has 1 amide bonds. The van der Waals surface area contributed by atoms with Gasteiger partial charge in [-0.05, 0) is 29.9 Å². The van der Waals surface area contributed by atoms with Crippen molar-refractivity contribution in [2.75, 3.05) is 13.1 Å². The van der Waals surface area contributed by atoms with E-state index < -0.39 is 0 Å². The molecule has 1 N–H and O–H groups in total. The molecule has 2 atom stereocenters. The van der Waals surface area contributed by atoms with Crippen molar-refractivity contribution in [2.24, 2.45) is 5.92 Å². The van der Waals surface area contributed by atoms with E-state index in [1.54, 1.807) is 0 Å². The summed E-state index contributed by atoms with van der Waals surface area (Å²) in [6.45, 7) is 9.10. The number of likely N-dealkylation sites (tertiary alicyclic amines) is 1. The lowest BCUT2D eigenvalue weighted by atomic mass is 9.89. The summed E-state index contributed by atoms with van der Waals surface area (Å²) in [7, 11) is 0. The molecule has 2 rings (SSSR count). The molecule has 1 fully saturated rings. The Kier molecular flexibility index (Phi) is 6.44. The minimum absolute atomic E-state index is 0.298. The van der Waals surface area contributed by atoms with Gasteiger partial charge < -0.3 is 10.2 Å². The van der Waals surface area contributed by atoms with Gasteiger partial charge in [0.1, 0.15) is 0 Å². The highest BCUT2D eigenvalue weighted by molar-refractivity contribution is 5.75. The molecule has 0 bridgehead atoms. The zero-order valence-corrected chi connectivity index (χ0v) is 14.3. The van der Waals surface area contributed by atoms with Gasteiger partial charge in [0.15, 0.2) is 0 Å². The molecule has 3 nitrogen and oxygen atoms in total. The van der Waals surface area contributed by atoms with Crippen molar-refractivity contribution in [1.29, 1.82) is 0 Å². The number of carbonyl (C=O) groups is 1. The molecule has 22 heavy (non-hydrogen) atoms. The molecular weight excluding hydrogens is 272 g/mol. The topological polar surface area (TPSA) is 32.3 Å². The number of nitrogens with zero attached hydrogens (tertiary/aromatic N) is 1. The second-order valence-electron chi connectivity index (χ2n) is 6.31. The number of rotatable bonds is 6. The van der Waals surface area contributed by atoms with Gasteiger partial charge in [-0.1, -0.05) is 51.5 Å². The molecule has 1 aromatic rings. The number of hydrogen-bond donors (Lipinski definition) is 1. The van der Waals surface area contributed by atoms with Gasteiger partial charge in [0, 0.05) is 32.1 Å².